The van der Waals surface area contributed by atoms with Crippen LogP contribution < -0.4 is 5.84 Å². The van der Waals surface area contributed by atoms with E-state index in [1.54, 1.807) is 0 Å². The van der Waals surface area contributed by atoms with Crippen LogP contribution in [-0.2, 0) is 6.54 Å². The molecule has 1 aliphatic heterocycles. The predicted molar refractivity (Wildman–Crippen MR) is 73.3 cm³/mol. The number of hydrogen-bond donors (Lipinski definition) is 1. The first-order valence-corrected chi connectivity index (χ1v) is 6.07. The van der Waals surface area contributed by atoms with Crippen LogP contribution in [0.2, 0.25) is 5.02 Å². The molecule has 0 unspecified atom stereocenters. The van der Waals surface area contributed by atoms with Gasteiger partial charge in [-0.05, 0) is 17.7 Å². The maximum atomic E-state index is 6.03. The van der Waals surface area contributed by atoms with Gasteiger partial charge in [-0.1, -0.05) is 48.0 Å². The van der Waals surface area contributed by atoms with Crippen molar-refractivity contribution in [1.82, 2.24) is 5.12 Å². The van der Waals surface area contributed by atoms with Gasteiger partial charge < -0.3 is 0 Å². The Bertz CT molecular complexity index is 622. The van der Waals surface area contributed by atoms with Crippen LogP contribution in [-0.4, -0.2) is 10.8 Å². The summed E-state index contributed by atoms with van der Waals surface area (Å²) in [6, 6.07) is 15.8. The zero-order valence-electron chi connectivity index (χ0n) is 9.68. The predicted octanol–water partition coefficient (Wildman–Crippen LogP) is 2.78. The molecule has 1 heterocycles. The number of nitrogens with two attached hydrogens (primary N) is 1. The molecular formula is C14H12ClN3. The molecular weight excluding hydrogens is 246 g/mol. The average Bonchev–Trinajstić information content (AvgIpc) is 2.37. The molecule has 3 nitrogen and oxygen atoms in total. The molecule has 4 heteroatoms. The topological polar surface area (TPSA) is 41.6 Å². The van der Waals surface area contributed by atoms with Gasteiger partial charge in [0.2, 0.25) is 0 Å². The molecule has 18 heavy (non-hydrogen) atoms. The van der Waals surface area contributed by atoms with E-state index in [4.69, 9.17) is 17.4 Å². The highest BCUT2D eigenvalue weighted by Gasteiger charge is 2.18. The number of rotatable bonds is 1. The number of hydrazine groups is 1. The molecule has 0 radical (unpaired) electrons. The largest absolute Gasteiger partial charge is 0.231 e. The van der Waals surface area contributed by atoms with E-state index in [0.29, 0.717) is 11.6 Å². The van der Waals surface area contributed by atoms with Crippen molar-refractivity contribution in [1.29, 1.82) is 0 Å². The van der Waals surface area contributed by atoms with Crippen LogP contribution in [0.4, 0.5) is 0 Å². The Morgan fingerprint density at radius 2 is 1.94 bits per heavy atom. The Balaban J connectivity index is 2.16. The number of hydrazone groups is 1. The lowest BCUT2D eigenvalue weighted by Crippen LogP contribution is -2.31. The van der Waals surface area contributed by atoms with E-state index in [0.717, 1.165) is 16.8 Å². The number of fused-ring (bicyclic) bond motifs is 1. The maximum Gasteiger partial charge on any atom is 0.0995 e. The summed E-state index contributed by atoms with van der Waals surface area (Å²) in [5.41, 5.74) is 4.12. The Morgan fingerprint density at radius 3 is 2.78 bits per heavy atom. The highest BCUT2D eigenvalue weighted by atomic mass is 35.5. The van der Waals surface area contributed by atoms with E-state index in [-0.39, 0.29) is 0 Å². The zero-order valence-corrected chi connectivity index (χ0v) is 10.4. The lowest BCUT2D eigenvalue weighted by molar-refractivity contribution is 0.285. The molecule has 0 aliphatic carbocycles. The van der Waals surface area contributed by atoms with Crippen molar-refractivity contribution in [2.45, 2.75) is 6.54 Å². The molecule has 0 atom stereocenters. The molecule has 90 valence electrons. The summed E-state index contributed by atoms with van der Waals surface area (Å²) >= 11 is 6.03. The molecule has 2 aromatic rings. The second kappa shape index (κ2) is 4.44. The lowest BCUT2D eigenvalue weighted by atomic mass is 9.96. The Kier molecular flexibility index (Phi) is 2.78. The molecule has 2 N–H and O–H groups in total. The maximum absolute atomic E-state index is 6.03. The fourth-order valence-corrected chi connectivity index (χ4v) is 2.32. The summed E-state index contributed by atoms with van der Waals surface area (Å²) in [7, 11) is 0. The minimum absolute atomic E-state index is 0.625. The van der Waals surface area contributed by atoms with Crippen molar-refractivity contribution in [2.75, 3.05) is 0 Å². The van der Waals surface area contributed by atoms with Gasteiger partial charge in [0.1, 0.15) is 0 Å². The van der Waals surface area contributed by atoms with Gasteiger partial charge >= 0.3 is 0 Å². The SMILES string of the molecule is NN1Cc2ccccc2C(c2cccc(Cl)c2)=N1. The third-order valence-corrected chi connectivity index (χ3v) is 3.17. The quantitative estimate of drug-likeness (QED) is 0.798. The first kappa shape index (κ1) is 11.3. The first-order valence-electron chi connectivity index (χ1n) is 5.69. The van der Waals surface area contributed by atoms with Crippen LogP contribution >= 0.6 is 11.6 Å². The van der Waals surface area contributed by atoms with Crippen LogP contribution in [0.1, 0.15) is 16.7 Å². The highest BCUT2D eigenvalue weighted by molar-refractivity contribution is 6.31. The van der Waals surface area contributed by atoms with Crippen LogP contribution in [0.25, 0.3) is 0 Å². The van der Waals surface area contributed by atoms with Crippen LogP contribution in [0.5, 0.6) is 0 Å². The minimum atomic E-state index is 0.625. The number of halogens is 1. The van der Waals surface area contributed by atoms with Crippen molar-refractivity contribution >= 4 is 17.3 Å². The summed E-state index contributed by atoms with van der Waals surface area (Å²) in [4.78, 5) is 0. The van der Waals surface area contributed by atoms with Gasteiger partial charge in [0.05, 0.1) is 12.3 Å². The molecule has 0 fully saturated rings. The Morgan fingerprint density at radius 1 is 1.11 bits per heavy atom. The van der Waals surface area contributed by atoms with E-state index in [1.165, 1.54) is 10.7 Å². The lowest BCUT2D eigenvalue weighted by Gasteiger charge is -2.23. The van der Waals surface area contributed by atoms with Crippen molar-refractivity contribution < 1.29 is 0 Å². The van der Waals surface area contributed by atoms with Gasteiger partial charge in [0.25, 0.3) is 0 Å². The van der Waals surface area contributed by atoms with E-state index >= 15 is 0 Å². The number of hydrogen-bond acceptors (Lipinski definition) is 3. The highest BCUT2D eigenvalue weighted by Crippen LogP contribution is 2.22. The van der Waals surface area contributed by atoms with Gasteiger partial charge in [-0.15, -0.1) is 0 Å². The van der Waals surface area contributed by atoms with Crippen LogP contribution in [0.3, 0.4) is 0 Å². The molecule has 1 aliphatic rings. The Labute approximate surface area is 110 Å². The van der Waals surface area contributed by atoms with E-state index in [1.807, 2.05) is 36.4 Å². The zero-order chi connectivity index (χ0) is 12.5. The van der Waals surface area contributed by atoms with Crippen molar-refractivity contribution in [3.05, 3.63) is 70.2 Å². The van der Waals surface area contributed by atoms with Gasteiger partial charge in [0, 0.05) is 16.1 Å². The molecule has 0 saturated heterocycles. The van der Waals surface area contributed by atoms with Crippen molar-refractivity contribution in [2.24, 2.45) is 10.9 Å². The third kappa shape index (κ3) is 1.98. The van der Waals surface area contributed by atoms with E-state index in [9.17, 15) is 0 Å². The van der Waals surface area contributed by atoms with Gasteiger partial charge in [-0.2, -0.15) is 5.10 Å². The van der Waals surface area contributed by atoms with Crippen molar-refractivity contribution in [3.8, 4) is 0 Å². The molecule has 0 saturated carbocycles. The summed E-state index contributed by atoms with van der Waals surface area (Å²) in [5.74, 6) is 5.83. The number of nitrogens with zero attached hydrogens (tertiary/aromatic N) is 2. The third-order valence-electron chi connectivity index (χ3n) is 2.93. The molecule has 2 aromatic carbocycles. The summed E-state index contributed by atoms with van der Waals surface area (Å²) in [5, 5.41) is 6.56. The molecule has 3 rings (SSSR count). The summed E-state index contributed by atoms with van der Waals surface area (Å²) in [6.45, 7) is 0.625. The molecule has 0 spiro atoms. The molecule has 0 bridgehead atoms. The fourth-order valence-electron chi connectivity index (χ4n) is 2.13. The Hall–Kier alpha value is -1.84. The fraction of sp³-hybridized carbons (Fsp3) is 0.0714. The number of benzene rings is 2. The van der Waals surface area contributed by atoms with Crippen molar-refractivity contribution in [3.63, 3.8) is 0 Å². The van der Waals surface area contributed by atoms with E-state index in [2.05, 4.69) is 17.2 Å². The first-order chi connectivity index (χ1) is 8.74. The summed E-state index contributed by atoms with van der Waals surface area (Å²) < 4.78 is 0. The summed E-state index contributed by atoms with van der Waals surface area (Å²) in [6.07, 6.45) is 0. The standard InChI is InChI=1S/C14H12ClN3/c15-12-6-3-5-10(8-12)14-13-7-2-1-4-11(13)9-18(16)17-14/h1-8H,9,16H2. The smallest absolute Gasteiger partial charge is 0.0995 e. The van der Waals surface area contributed by atoms with Crippen LogP contribution in [0.15, 0.2) is 53.6 Å². The van der Waals surface area contributed by atoms with Gasteiger partial charge in [0.15, 0.2) is 0 Å². The van der Waals surface area contributed by atoms with Gasteiger partial charge in [-0.3, -0.25) is 0 Å². The second-order valence-electron chi connectivity index (χ2n) is 4.21. The van der Waals surface area contributed by atoms with Crippen LogP contribution in [0, 0.1) is 0 Å². The van der Waals surface area contributed by atoms with Gasteiger partial charge in [-0.25, -0.2) is 11.0 Å². The minimum Gasteiger partial charge on any atom is -0.231 e. The van der Waals surface area contributed by atoms with E-state index < -0.39 is 0 Å². The average molecular weight is 258 g/mol. The molecule has 0 amide bonds. The second-order valence-corrected chi connectivity index (χ2v) is 4.65. The normalized spacial score (nSPS) is 14.1. The molecule has 0 aromatic heterocycles. The monoisotopic (exact) mass is 257 g/mol.